The van der Waals surface area contributed by atoms with E-state index < -0.39 is 0 Å². The fourth-order valence-electron chi connectivity index (χ4n) is 4.23. The van der Waals surface area contributed by atoms with Gasteiger partial charge in [0.1, 0.15) is 11.7 Å². The summed E-state index contributed by atoms with van der Waals surface area (Å²) in [5.74, 6) is 1.63. The van der Waals surface area contributed by atoms with Crippen molar-refractivity contribution in [1.82, 2.24) is 4.90 Å². The lowest BCUT2D eigenvalue weighted by Gasteiger charge is -2.39. The molecule has 2 aliphatic heterocycles. The predicted octanol–water partition coefficient (Wildman–Crippen LogP) is 6.49. The number of rotatable bonds is 4. The van der Waals surface area contributed by atoms with E-state index in [4.69, 9.17) is 16.6 Å². The largest absolute Gasteiger partial charge is 0.352 e. The van der Waals surface area contributed by atoms with Crippen LogP contribution in [-0.4, -0.2) is 17.3 Å². The molecule has 0 saturated heterocycles. The molecule has 27 heavy (non-hydrogen) atoms. The quantitative estimate of drug-likeness (QED) is 0.588. The van der Waals surface area contributed by atoms with Gasteiger partial charge >= 0.3 is 0 Å². The summed E-state index contributed by atoms with van der Waals surface area (Å²) in [4.78, 5) is 7.47. The molecule has 2 aliphatic rings. The molecule has 2 aromatic rings. The van der Waals surface area contributed by atoms with E-state index >= 15 is 0 Å². The monoisotopic (exact) mass is 384 g/mol. The molecule has 0 spiro atoms. The van der Waals surface area contributed by atoms with Crippen LogP contribution in [0, 0.1) is 11.7 Å². The third-order valence-electron chi connectivity index (χ3n) is 6.06. The number of nitrogens with zero attached hydrogens (tertiary/aromatic N) is 2. The maximum Gasteiger partial charge on any atom is 0.123 e. The van der Waals surface area contributed by atoms with Gasteiger partial charge in [-0.3, -0.25) is 0 Å². The molecule has 0 aromatic heterocycles. The number of amidine groups is 1. The minimum atomic E-state index is -0.189. The van der Waals surface area contributed by atoms with Crippen molar-refractivity contribution in [3.63, 3.8) is 0 Å². The van der Waals surface area contributed by atoms with Gasteiger partial charge in [-0.1, -0.05) is 37.9 Å². The second kappa shape index (κ2) is 7.63. The summed E-state index contributed by atoms with van der Waals surface area (Å²) in [5, 5.41) is 0.785. The van der Waals surface area contributed by atoms with Gasteiger partial charge < -0.3 is 4.90 Å². The molecule has 0 amide bonds. The maximum atomic E-state index is 13.9. The van der Waals surface area contributed by atoms with Crippen LogP contribution >= 0.6 is 11.6 Å². The molecule has 2 aromatic carbocycles. The Hall–Kier alpha value is -1.87. The Labute approximate surface area is 166 Å². The summed E-state index contributed by atoms with van der Waals surface area (Å²) < 4.78 is 13.9. The number of hydrogen-bond acceptors (Lipinski definition) is 2. The van der Waals surface area contributed by atoms with E-state index in [-0.39, 0.29) is 11.9 Å². The lowest BCUT2D eigenvalue weighted by Crippen LogP contribution is -2.40. The van der Waals surface area contributed by atoms with Crippen molar-refractivity contribution in [3.05, 3.63) is 63.9 Å². The fourth-order valence-corrected chi connectivity index (χ4v) is 4.42. The van der Waals surface area contributed by atoms with Gasteiger partial charge in [0.25, 0.3) is 0 Å². The molecule has 2 heterocycles. The molecule has 0 fully saturated rings. The average Bonchev–Trinajstić information content (AvgIpc) is 2.81. The second-order valence-corrected chi connectivity index (χ2v) is 8.30. The van der Waals surface area contributed by atoms with Crippen molar-refractivity contribution in [1.29, 1.82) is 0 Å². The highest BCUT2D eigenvalue weighted by molar-refractivity contribution is 6.30. The van der Waals surface area contributed by atoms with Gasteiger partial charge in [0, 0.05) is 18.0 Å². The number of aliphatic imine (C=N–C) groups is 1. The van der Waals surface area contributed by atoms with Crippen LogP contribution in [0.25, 0.3) is 0 Å². The molecular weight excluding hydrogens is 359 g/mol. The van der Waals surface area contributed by atoms with Crippen LogP contribution in [-0.2, 0) is 12.8 Å². The molecule has 0 radical (unpaired) electrons. The zero-order chi connectivity index (χ0) is 19.0. The lowest BCUT2D eigenvalue weighted by molar-refractivity contribution is 0.291. The van der Waals surface area contributed by atoms with Crippen LogP contribution in [0.15, 0.2) is 41.4 Å². The zero-order valence-electron chi connectivity index (χ0n) is 16.0. The molecule has 2 atom stereocenters. The van der Waals surface area contributed by atoms with E-state index in [1.54, 1.807) is 6.07 Å². The molecule has 0 saturated carbocycles. The Morgan fingerprint density at radius 2 is 2.07 bits per heavy atom. The van der Waals surface area contributed by atoms with E-state index in [2.05, 4.69) is 30.9 Å². The second-order valence-electron chi connectivity index (χ2n) is 7.86. The first kappa shape index (κ1) is 18.5. The normalized spacial score (nSPS) is 19.5. The van der Waals surface area contributed by atoms with Crippen molar-refractivity contribution >= 4 is 23.1 Å². The Bertz CT molecular complexity index is 877. The van der Waals surface area contributed by atoms with E-state index in [9.17, 15) is 4.39 Å². The van der Waals surface area contributed by atoms with Crippen LogP contribution in [0.1, 0.15) is 55.8 Å². The van der Waals surface area contributed by atoms with Gasteiger partial charge in [-0.2, -0.15) is 0 Å². The first-order chi connectivity index (χ1) is 13.0. The number of halogens is 2. The number of fused-ring (bicyclic) bond motifs is 4. The van der Waals surface area contributed by atoms with Gasteiger partial charge in [0.05, 0.1) is 11.7 Å². The molecule has 2 nitrogen and oxygen atoms in total. The summed E-state index contributed by atoms with van der Waals surface area (Å²) in [6.07, 6.45) is 5.02. The minimum absolute atomic E-state index is 0.189. The first-order valence-corrected chi connectivity index (χ1v) is 10.3. The van der Waals surface area contributed by atoms with E-state index in [0.717, 1.165) is 54.3 Å². The standard InChI is InChI=1S/C23H26ClFN2/c1-3-15(2)4-9-23-26-21-8-6-19(25)13-17(21)14-22-20-7-5-18(24)12-16(20)10-11-27(22)23/h5-8,12-13,15,22H,3-4,9-11,14H2,1-2H3. The zero-order valence-corrected chi connectivity index (χ0v) is 16.8. The Balaban J connectivity index is 1.76. The minimum Gasteiger partial charge on any atom is -0.352 e. The summed E-state index contributed by atoms with van der Waals surface area (Å²) >= 11 is 6.23. The van der Waals surface area contributed by atoms with Gasteiger partial charge in [0.2, 0.25) is 0 Å². The van der Waals surface area contributed by atoms with Crippen LogP contribution in [0.3, 0.4) is 0 Å². The smallest absolute Gasteiger partial charge is 0.123 e. The molecule has 0 N–H and O–H groups in total. The van der Waals surface area contributed by atoms with Crippen LogP contribution in [0.2, 0.25) is 5.02 Å². The average molecular weight is 385 g/mol. The highest BCUT2D eigenvalue weighted by atomic mass is 35.5. The summed E-state index contributed by atoms with van der Waals surface area (Å²) in [5.41, 5.74) is 4.52. The van der Waals surface area contributed by atoms with Crippen molar-refractivity contribution in [2.75, 3.05) is 6.54 Å². The number of benzene rings is 2. The summed E-state index contributed by atoms with van der Waals surface area (Å²) in [6.45, 7) is 5.47. The number of hydrogen-bond donors (Lipinski definition) is 0. The Morgan fingerprint density at radius 3 is 2.89 bits per heavy atom. The molecule has 142 valence electrons. The van der Waals surface area contributed by atoms with E-state index in [0.29, 0.717) is 5.92 Å². The predicted molar refractivity (Wildman–Crippen MR) is 110 cm³/mol. The van der Waals surface area contributed by atoms with E-state index in [1.807, 2.05) is 12.1 Å². The van der Waals surface area contributed by atoms with Gasteiger partial charge in [-0.15, -0.1) is 0 Å². The first-order valence-electron chi connectivity index (χ1n) is 9.96. The van der Waals surface area contributed by atoms with Crippen molar-refractivity contribution in [3.8, 4) is 0 Å². The Kier molecular flexibility index (Phi) is 5.23. The van der Waals surface area contributed by atoms with Crippen molar-refractivity contribution in [2.45, 2.75) is 52.0 Å². The molecule has 0 aliphatic carbocycles. The van der Waals surface area contributed by atoms with Gasteiger partial charge in [-0.05, 0) is 72.2 Å². The maximum absolute atomic E-state index is 13.9. The van der Waals surface area contributed by atoms with Gasteiger partial charge in [-0.25, -0.2) is 9.38 Å². The van der Waals surface area contributed by atoms with Crippen molar-refractivity contribution in [2.24, 2.45) is 10.9 Å². The van der Waals surface area contributed by atoms with Crippen molar-refractivity contribution < 1.29 is 4.39 Å². The third-order valence-corrected chi connectivity index (χ3v) is 6.29. The SMILES string of the molecule is CCC(C)CCC1=Nc2ccc(F)cc2CC2c3ccc(Cl)cc3CCN12. The molecule has 4 rings (SSSR count). The van der Waals surface area contributed by atoms with Gasteiger partial charge in [0.15, 0.2) is 0 Å². The topological polar surface area (TPSA) is 15.6 Å². The van der Waals surface area contributed by atoms with E-state index in [1.165, 1.54) is 23.6 Å². The molecule has 0 bridgehead atoms. The fraction of sp³-hybridized carbons (Fsp3) is 0.435. The third kappa shape index (κ3) is 3.75. The van der Waals surface area contributed by atoms with Crippen LogP contribution in [0.5, 0.6) is 0 Å². The molecule has 2 unspecified atom stereocenters. The summed E-state index contributed by atoms with van der Waals surface area (Å²) in [6, 6.07) is 11.4. The Morgan fingerprint density at radius 1 is 1.22 bits per heavy atom. The molecular formula is C23H26ClFN2. The van der Waals surface area contributed by atoms with Crippen LogP contribution in [0.4, 0.5) is 10.1 Å². The van der Waals surface area contributed by atoms with Crippen LogP contribution < -0.4 is 0 Å². The summed E-state index contributed by atoms with van der Waals surface area (Å²) in [7, 11) is 0. The highest BCUT2D eigenvalue weighted by Crippen LogP contribution is 2.39. The lowest BCUT2D eigenvalue weighted by atomic mass is 9.88. The highest BCUT2D eigenvalue weighted by Gasteiger charge is 2.32. The molecule has 4 heteroatoms.